The lowest BCUT2D eigenvalue weighted by Gasteiger charge is -2.10. The van der Waals surface area contributed by atoms with Crippen LogP contribution in [0.5, 0.6) is 11.5 Å². The molecule has 5 heteroatoms. The number of aromatic carboxylic acids is 2. The van der Waals surface area contributed by atoms with Crippen molar-refractivity contribution in [3.05, 3.63) is 59.2 Å². The van der Waals surface area contributed by atoms with Crippen LogP contribution < -0.4 is 4.74 Å². The van der Waals surface area contributed by atoms with Gasteiger partial charge in [0.15, 0.2) is 0 Å². The fraction of sp³-hybridized carbons (Fsp3) is 0.200. The first-order valence-corrected chi connectivity index (χ1v) is 7.88. The van der Waals surface area contributed by atoms with Crippen LogP contribution in [0, 0.1) is 11.8 Å². The van der Waals surface area contributed by atoms with Gasteiger partial charge in [-0.2, -0.15) is 0 Å². The molecule has 0 aromatic heterocycles. The molecule has 0 fully saturated rings. The van der Waals surface area contributed by atoms with Crippen LogP contribution in [-0.2, 0) is 0 Å². The van der Waals surface area contributed by atoms with Crippen LogP contribution in [0.4, 0.5) is 0 Å². The summed E-state index contributed by atoms with van der Waals surface area (Å²) in [5.41, 5.74) is 0.597. The molecule has 0 bridgehead atoms. The fourth-order valence-electron chi connectivity index (χ4n) is 2.11. The molecule has 2 rings (SSSR count). The quantitative estimate of drug-likeness (QED) is 0.602. The van der Waals surface area contributed by atoms with E-state index in [1.807, 2.05) is 6.07 Å². The third-order valence-corrected chi connectivity index (χ3v) is 3.41. The van der Waals surface area contributed by atoms with Crippen LogP contribution in [0.2, 0.25) is 0 Å². The summed E-state index contributed by atoms with van der Waals surface area (Å²) in [5, 5.41) is 18.3. The highest BCUT2D eigenvalue weighted by molar-refractivity contribution is 5.94. The van der Waals surface area contributed by atoms with Crippen LogP contribution in [0.3, 0.4) is 0 Å². The normalized spacial score (nSPS) is 9.80. The van der Waals surface area contributed by atoms with Gasteiger partial charge < -0.3 is 14.9 Å². The van der Waals surface area contributed by atoms with Gasteiger partial charge in [-0.3, -0.25) is 0 Å². The van der Waals surface area contributed by atoms with Crippen molar-refractivity contribution in [2.24, 2.45) is 0 Å². The van der Waals surface area contributed by atoms with Gasteiger partial charge in [-0.1, -0.05) is 31.3 Å². The Morgan fingerprint density at radius 3 is 2.56 bits per heavy atom. The van der Waals surface area contributed by atoms with E-state index in [1.165, 1.54) is 18.2 Å². The van der Waals surface area contributed by atoms with Crippen molar-refractivity contribution in [2.45, 2.75) is 26.2 Å². The number of hydrogen-bond acceptors (Lipinski definition) is 3. The molecule has 2 N–H and O–H groups in total. The lowest BCUT2D eigenvalue weighted by molar-refractivity contribution is 0.0678. The third-order valence-electron chi connectivity index (χ3n) is 3.41. The minimum absolute atomic E-state index is 0.0245. The predicted molar refractivity (Wildman–Crippen MR) is 93.3 cm³/mol. The van der Waals surface area contributed by atoms with Gasteiger partial charge in [-0.15, -0.1) is 0 Å². The highest BCUT2D eigenvalue weighted by Gasteiger charge is 2.15. The second-order valence-electron chi connectivity index (χ2n) is 5.36. The highest BCUT2D eigenvalue weighted by atomic mass is 16.5. The Kier molecular flexibility index (Phi) is 6.19. The standard InChI is InChI=1S/C20H18O5/c1-2-3-4-5-7-14-8-6-9-16(12-14)25-18-13-15(19(21)22)10-11-17(18)20(23)24/h6,8-13H,2-4H2,1H3,(H,21,22)(H,23,24). The van der Waals surface area contributed by atoms with E-state index in [-0.39, 0.29) is 16.9 Å². The molecule has 5 nitrogen and oxygen atoms in total. The van der Waals surface area contributed by atoms with E-state index < -0.39 is 11.9 Å². The number of unbranched alkanes of at least 4 members (excludes halogenated alkanes) is 2. The Hall–Kier alpha value is -3.26. The second-order valence-corrected chi connectivity index (χ2v) is 5.36. The molecule has 0 aliphatic heterocycles. The minimum Gasteiger partial charge on any atom is -0.478 e. The number of hydrogen-bond donors (Lipinski definition) is 2. The van der Waals surface area contributed by atoms with Gasteiger partial charge in [0.05, 0.1) is 5.56 Å². The number of carboxylic acids is 2. The topological polar surface area (TPSA) is 83.8 Å². The minimum atomic E-state index is -1.19. The molecular formula is C20H18O5. The second kappa shape index (κ2) is 8.55. The first-order valence-electron chi connectivity index (χ1n) is 7.88. The molecule has 0 heterocycles. The average molecular weight is 338 g/mol. The van der Waals surface area contributed by atoms with Gasteiger partial charge >= 0.3 is 11.9 Å². The van der Waals surface area contributed by atoms with E-state index >= 15 is 0 Å². The molecular weight excluding hydrogens is 320 g/mol. The van der Waals surface area contributed by atoms with E-state index in [0.29, 0.717) is 5.75 Å². The molecule has 0 atom stereocenters. The summed E-state index contributed by atoms with van der Waals surface area (Å²) in [6.07, 6.45) is 2.92. The maximum absolute atomic E-state index is 11.3. The van der Waals surface area contributed by atoms with Crippen molar-refractivity contribution in [2.75, 3.05) is 0 Å². The zero-order valence-electron chi connectivity index (χ0n) is 13.8. The SMILES string of the molecule is CCCCC#Cc1cccc(Oc2cc(C(=O)O)ccc2C(=O)O)c1. The summed E-state index contributed by atoms with van der Waals surface area (Å²) < 4.78 is 5.62. The molecule has 0 saturated heterocycles. The largest absolute Gasteiger partial charge is 0.478 e. The highest BCUT2D eigenvalue weighted by Crippen LogP contribution is 2.27. The maximum atomic E-state index is 11.3. The molecule has 2 aromatic rings. The maximum Gasteiger partial charge on any atom is 0.339 e. The summed E-state index contributed by atoms with van der Waals surface area (Å²) in [6, 6.07) is 10.6. The first kappa shape index (κ1) is 18.1. The van der Waals surface area contributed by atoms with Crippen LogP contribution in [0.15, 0.2) is 42.5 Å². The van der Waals surface area contributed by atoms with Crippen LogP contribution >= 0.6 is 0 Å². The summed E-state index contributed by atoms with van der Waals surface area (Å²) in [4.78, 5) is 22.4. The zero-order valence-corrected chi connectivity index (χ0v) is 13.8. The number of benzene rings is 2. The van der Waals surface area contributed by atoms with Crippen LogP contribution in [0.1, 0.15) is 52.5 Å². The van der Waals surface area contributed by atoms with E-state index in [2.05, 4.69) is 18.8 Å². The molecule has 0 aliphatic rings. The Morgan fingerprint density at radius 2 is 1.88 bits per heavy atom. The molecule has 2 aromatic carbocycles. The molecule has 128 valence electrons. The Bertz CT molecular complexity index is 843. The summed E-state index contributed by atoms with van der Waals surface area (Å²) >= 11 is 0. The van der Waals surface area contributed by atoms with Gasteiger partial charge in [0.2, 0.25) is 0 Å². The Morgan fingerprint density at radius 1 is 1.08 bits per heavy atom. The van der Waals surface area contributed by atoms with E-state index in [9.17, 15) is 14.7 Å². The van der Waals surface area contributed by atoms with E-state index in [1.54, 1.807) is 18.2 Å². The molecule has 0 saturated carbocycles. The van der Waals surface area contributed by atoms with Crippen molar-refractivity contribution >= 4 is 11.9 Å². The van der Waals surface area contributed by atoms with E-state index in [0.717, 1.165) is 24.8 Å². The molecule has 0 aliphatic carbocycles. The molecule has 0 radical (unpaired) electrons. The third kappa shape index (κ3) is 5.11. The summed E-state index contributed by atoms with van der Waals surface area (Å²) in [7, 11) is 0. The predicted octanol–water partition coefficient (Wildman–Crippen LogP) is 4.42. The van der Waals surface area contributed by atoms with Crippen LogP contribution in [-0.4, -0.2) is 22.2 Å². The molecule has 0 amide bonds. The Labute approximate surface area is 145 Å². The smallest absolute Gasteiger partial charge is 0.339 e. The Balaban J connectivity index is 2.29. The van der Waals surface area contributed by atoms with Gasteiger partial charge in [0.1, 0.15) is 17.1 Å². The number of rotatable bonds is 6. The van der Waals surface area contributed by atoms with Crippen molar-refractivity contribution in [1.82, 2.24) is 0 Å². The van der Waals surface area contributed by atoms with E-state index in [4.69, 9.17) is 9.84 Å². The fourth-order valence-corrected chi connectivity index (χ4v) is 2.11. The lowest BCUT2D eigenvalue weighted by atomic mass is 10.1. The first-order chi connectivity index (χ1) is 12.0. The number of carbonyl (C=O) groups is 2. The van der Waals surface area contributed by atoms with Crippen molar-refractivity contribution in [3.63, 3.8) is 0 Å². The van der Waals surface area contributed by atoms with Gasteiger partial charge in [-0.05, 0) is 42.8 Å². The van der Waals surface area contributed by atoms with Crippen LogP contribution in [0.25, 0.3) is 0 Å². The average Bonchev–Trinajstić information content (AvgIpc) is 2.59. The summed E-state index contributed by atoms with van der Waals surface area (Å²) in [5.74, 6) is 4.13. The lowest BCUT2D eigenvalue weighted by Crippen LogP contribution is -2.03. The van der Waals surface area contributed by atoms with Crippen molar-refractivity contribution in [3.8, 4) is 23.3 Å². The number of ether oxygens (including phenoxy) is 1. The molecule has 25 heavy (non-hydrogen) atoms. The molecule has 0 spiro atoms. The van der Waals surface area contributed by atoms with Gasteiger partial charge in [-0.25, -0.2) is 9.59 Å². The van der Waals surface area contributed by atoms with Crippen molar-refractivity contribution < 1.29 is 24.5 Å². The number of carboxylic acid groups (broad SMARTS) is 2. The monoisotopic (exact) mass is 338 g/mol. The van der Waals surface area contributed by atoms with Crippen molar-refractivity contribution in [1.29, 1.82) is 0 Å². The van der Waals surface area contributed by atoms with Gasteiger partial charge in [0, 0.05) is 12.0 Å². The summed E-state index contributed by atoms with van der Waals surface area (Å²) in [6.45, 7) is 2.10. The zero-order chi connectivity index (χ0) is 18.2. The molecule has 0 unspecified atom stereocenters. The van der Waals surface area contributed by atoms with Gasteiger partial charge in [0.25, 0.3) is 0 Å².